The van der Waals surface area contributed by atoms with E-state index in [0.29, 0.717) is 3.57 Å². The van der Waals surface area contributed by atoms with E-state index in [-0.39, 0.29) is 17.6 Å². The average Bonchev–Trinajstić information content (AvgIpc) is 2.26. The molecular weight excluding hydrogens is 321 g/mol. The lowest BCUT2D eigenvalue weighted by molar-refractivity contribution is 0.0968. The van der Waals surface area contributed by atoms with Gasteiger partial charge in [0.25, 0.3) is 5.56 Å². The van der Waals surface area contributed by atoms with E-state index < -0.39 is 0 Å². The first kappa shape index (κ1) is 11.8. The second kappa shape index (κ2) is 4.70. The number of H-pyrrole nitrogens is 1. The van der Waals surface area contributed by atoms with Gasteiger partial charge in [0.05, 0.1) is 12.4 Å². The highest BCUT2D eigenvalue weighted by atomic mass is 127. The lowest BCUT2D eigenvalue weighted by Gasteiger charge is -2.35. The molecule has 5 nitrogen and oxygen atoms in total. The van der Waals surface area contributed by atoms with E-state index >= 15 is 0 Å². The number of aliphatic hydroxyl groups excluding tert-OH is 1. The zero-order valence-electron chi connectivity index (χ0n) is 8.98. The van der Waals surface area contributed by atoms with Crippen LogP contribution in [0.1, 0.15) is 13.3 Å². The number of aromatic amines is 1. The highest BCUT2D eigenvalue weighted by molar-refractivity contribution is 14.1. The van der Waals surface area contributed by atoms with Crippen LogP contribution in [0, 0.1) is 9.49 Å². The van der Waals surface area contributed by atoms with Crippen LogP contribution in [0.4, 0.5) is 5.82 Å². The molecule has 0 bridgehead atoms. The summed E-state index contributed by atoms with van der Waals surface area (Å²) in [6.45, 7) is 3.50. The number of hydrogen-bond donors (Lipinski definition) is 2. The topological polar surface area (TPSA) is 69.2 Å². The maximum absolute atomic E-state index is 11.4. The Kier molecular flexibility index (Phi) is 3.48. The van der Waals surface area contributed by atoms with Crippen molar-refractivity contribution in [1.82, 2.24) is 9.97 Å². The van der Waals surface area contributed by atoms with Gasteiger partial charge < -0.3 is 15.0 Å². The van der Waals surface area contributed by atoms with Gasteiger partial charge in [-0.25, -0.2) is 4.98 Å². The van der Waals surface area contributed by atoms with E-state index in [4.69, 9.17) is 0 Å². The Morgan fingerprint density at radius 1 is 1.69 bits per heavy atom. The molecule has 1 aromatic heterocycles. The van der Waals surface area contributed by atoms with Crippen LogP contribution in [0.3, 0.4) is 0 Å². The molecular formula is C10H14IN3O2. The summed E-state index contributed by atoms with van der Waals surface area (Å²) < 4.78 is 0.615. The molecule has 0 spiro atoms. The van der Waals surface area contributed by atoms with Gasteiger partial charge in [-0.3, -0.25) is 4.79 Å². The number of halogens is 1. The fourth-order valence-corrected chi connectivity index (χ4v) is 2.56. The number of nitrogens with one attached hydrogen (secondary N) is 1. The average molecular weight is 335 g/mol. The third-order valence-corrected chi connectivity index (χ3v) is 3.91. The third-order valence-electron chi connectivity index (χ3n) is 2.94. The normalized spacial score (nSPS) is 25.8. The maximum Gasteiger partial charge on any atom is 0.266 e. The molecule has 2 N–H and O–H groups in total. The van der Waals surface area contributed by atoms with E-state index in [0.717, 1.165) is 25.3 Å². The molecule has 1 aliphatic rings. The Bertz CT molecular complexity index is 434. The van der Waals surface area contributed by atoms with Gasteiger partial charge in [0.2, 0.25) is 0 Å². The molecule has 0 saturated carbocycles. The first-order valence-corrected chi connectivity index (χ1v) is 6.33. The monoisotopic (exact) mass is 335 g/mol. The minimum atomic E-state index is -0.240. The van der Waals surface area contributed by atoms with Crippen molar-refractivity contribution >= 4 is 28.4 Å². The van der Waals surface area contributed by atoms with E-state index in [2.05, 4.69) is 14.9 Å². The van der Waals surface area contributed by atoms with E-state index in [1.54, 1.807) is 0 Å². The van der Waals surface area contributed by atoms with Crippen molar-refractivity contribution in [3.8, 4) is 0 Å². The van der Waals surface area contributed by atoms with Crippen molar-refractivity contribution in [2.75, 3.05) is 18.0 Å². The van der Waals surface area contributed by atoms with Crippen molar-refractivity contribution in [2.24, 2.45) is 5.92 Å². The second-order valence-corrected chi connectivity index (χ2v) is 5.23. The molecule has 1 fully saturated rings. The van der Waals surface area contributed by atoms with Gasteiger partial charge in [0.1, 0.15) is 9.39 Å². The maximum atomic E-state index is 11.4. The van der Waals surface area contributed by atoms with Gasteiger partial charge >= 0.3 is 0 Å². The molecule has 0 aliphatic carbocycles. The third kappa shape index (κ3) is 2.22. The number of nitrogens with zero attached hydrogens (tertiary/aromatic N) is 2. The molecule has 2 heterocycles. The van der Waals surface area contributed by atoms with E-state index in [9.17, 15) is 9.90 Å². The molecule has 1 aromatic rings. The zero-order chi connectivity index (χ0) is 11.7. The summed E-state index contributed by atoms with van der Waals surface area (Å²) in [6.07, 6.45) is 1.91. The number of aromatic nitrogens is 2. The summed E-state index contributed by atoms with van der Waals surface area (Å²) >= 11 is 2.01. The molecule has 2 atom stereocenters. The van der Waals surface area contributed by atoms with Gasteiger partial charge in [0.15, 0.2) is 0 Å². The zero-order valence-corrected chi connectivity index (χ0v) is 11.1. The minimum Gasteiger partial charge on any atom is -0.393 e. The molecule has 1 aliphatic heterocycles. The SMILES string of the molecule is CC1CN(c2nc[nH]c(=O)c2I)CCC1O. The number of piperidine rings is 1. The van der Waals surface area contributed by atoms with Crippen LogP contribution < -0.4 is 10.5 Å². The molecule has 0 radical (unpaired) electrons. The largest absolute Gasteiger partial charge is 0.393 e. The first-order valence-electron chi connectivity index (χ1n) is 5.26. The van der Waals surface area contributed by atoms with Crippen LogP contribution in [-0.2, 0) is 0 Å². The Morgan fingerprint density at radius 3 is 3.12 bits per heavy atom. The summed E-state index contributed by atoms with van der Waals surface area (Å²) in [6, 6.07) is 0. The van der Waals surface area contributed by atoms with Crippen molar-refractivity contribution in [1.29, 1.82) is 0 Å². The number of hydrogen-bond acceptors (Lipinski definition) is 4. The summed E-state index contributed by atoms with van der Waals surface area (Å²) in [4.78, 5) is 20.3. The minimum absolute atomic E-state index is 0.107. The second-order valence-electron chi connectivity index (χ2n) is 4.15. The van der Waals surface area contributed by atoms with E-state index in [1.165, 1.54) is 6.33 Å². The quantitative estimate of drug-likeness (QED) is 0.737. The summed E-state index contributed by atoms with van der Waals surface area (Å²) in [7, 11) is 0. The molecule has 88 valence electrons. The van der Waals surface area contributed by atoms with Gasteiger partial charge in [-0.1, -0.05) is 6.92 Å². The number of anilines is 1. The van der Waals surface area contributed by atoms with Crippen LogP contribution in [0.25, 0.3) is 0 Å². The molecule has 16 heavy (non-hydrogen) atoms. The molecule has 2 unspecified atom stereocenters. The molecule has 0 aromatic carbocycles. The molecule has 1 saturated heterocycles. The Hall–Kier alpha value is -0.630. The van der Waals surface area contributed by atoms with Crippen molar-refractivity contribution < 1.29 is 5.11 Å². The molecule has 0 amide bonds. The van der Waals surface area contributed by atoms with Crippen LogP contribution in [-0.4, -0.2) is 34.3 Å². The lowest BCUT2D eigenvalue weighted by atomic mass is 9.97. The van der Waals surface area contributed by atoms with Gasteiger partial charge in [-0.05, 0) is 34.9 Å². The number of rotatable bonds is 1. The van der Waals surface area contributed by atoms with Crippen molar-refractivity contribution in [2.45, 2.75) is 19.4 Å². The highest BCUT2D eigenvalue weighted by Gasteiger charge is 2.26. The lowest BCUT2D eigenvalue weighted by Crippen LogP contribution is -2.43. The van der Waals surface area contributed by atoms with Crippen LogP contribution in [0.5, 0.6) is 0 Å². The van der Waals surface area contributed by atoms with Crippen molar-refractivity contribution in [3.05, 3.63) is 20.3 Å². The standard InChI is InChI=1S/C10H14IN3O2/c1-6-4-14(3-2-7(6)15)9-8(11)10(16)13-5-12-9/h5-7,15H,2-4H2,1H3,(H,12,13,16). The first-order chi connectivity index (χ1) is 7.59. The van der Waals surface area contributed by atoms with Gasteiger partial charge in [-0.2, -0.15) is 0 Å². The highest BCUT2D eigenvalue weighted by Crippen LogP contribution is 2.23. The smallest absolute Gasteiger partial charge is 0.266 e. The summed E-state index contributed by atoms with van der Waals surface area (Å²) in [5, 5.41) is 9.65. The predicted octanol–water partition coefficient (Wildman–Crippen LogP) is 0.582. The van der Waals surface area contributed by atoms with Crippen LogP contribution >= 0.6 is 22.6 Å². The van der Waals surface area contributed by atoms with Gasteiger partial charge in [0, 0.05) is 13.1 Å². The Morgan fingerprint density at radius 2 is 2.44 bits per heavy atom. The van der Waals surface area contributed by atoms with Crippen LogP contribution in [0.15, 0.2) is 11.1 Å². The fourth-order valence-electron chi connectivity index (χ4n) is 1.92. The molecule has 2 rings (SSSR count). The van der Waals surface area contributed by atoms with Crippen LogP contribution in [0.2, 0.25) is 0 Å². The Balaban J connectivity index is 2.25. The van der Waals surface area contributed by atoms with E-state index in [1.807, 2.05) is 29.5 Å². The Labute approximate surface area is 107 Å². The molecule has 6 heteroatoms. The summed E-state index contributed by atoms with van der Waals surface area (Å²) in [5.41, 5.74) is -0.107. The summed E-state index contributed by atoms with van der Waals surface area (Å²) in [5.74, 6) is 0.939. The fraction of sp³-hybridized carbons (Fsp3) is 0.600. The number of aliphatic hydroxyl groups is 1. The predicted molar refractivity (Wildman–Crippen MR) is 69.6 cm³/mol. The van der Waals surface area contributed by atoms with Gasteiger partial charge in [-0.15, -0.1) is 0 Å². The van der Waals surface area contributed by atoms with Crippen molar-refractivity contribution in [3.63, 3.8) is 0 Å².